The van der Waals surface area contributed by atoms with Crippen LogP contribution in [0.15, 0.2) is 44.3 Å². The van der Waals surface area contributed by atoms with Gasteiger partial charge in [-0.15, -0.1) is 0 Å². The van der Waals surface area contributed by atoms with Crippen molar-refractivity contribution in [2.24, 2.45) is 4.99 Å². The number of hydrogen-bond acceptors (Lipinski definition) is 4. The lowest BCUT2D eigenvalue weighted by atomic mass is 10.1. The summed E-state index contributed by atoms with van der Waals surface area (Å²) in [5.74, 6) is 2.73. The van der Waals surface area contributed by atoms with Crippen molar-refractivity contribution in [1.29, 1.82) is 0 Å². The van der Waals surface area contributed by atoms with Gasteiger partial charge in [-0.3, -0.25) is 4.99 Å². The third kappa shape index (κ3) is 3.84. The quantitative estimate of drug-likeness (QED) is 0.547. The second-order valence-electron chi connectivity index (χ2n) is 6.30. The van der Waals surface area contributed by atoms with Crippen molar-refractivity contribution >= 4 is 16.9 Å². The zero-order valence-corrected chi connectivity index (χ0v) is 15.1. The summed E-state index contributed by atoms with van der Waals surface area (Å²) in [6.45, 7) is 7.34. The van der Waals surface area contributed by atoms with Crippen molar-refractivity contribution in [2.45, 2.75) is 39.8 Å². The molecule has 0 aliphatic rings. The molecule has 132 valence electrons. The Morgan fingerprint density at radius 2 is 1.96 bits per heavy atom. The molecule has 0 fully saturated rings. The molecule has 0 unspecified atom stereocenters. The number of aliphatic imine (C=N–C) groups is 1. The van der Waals surface area contributed by atoms with Gasteiger partial charge >= 0.3 is 0 Å². The summed E-state index contributed by atoms with van der Waals surface area (Å²) in [6.07, 6.45) is 0. The minimum absolute atomic E-state index is 0.353. The van der Waals surface area contributed by atoms with E-state index in [0.29, 0.717) is 25.0 Å². The number of guanidine groups is 1. The molecule has 2 heterocycles. The molecule has 2 N–H and O–H groups in total. The lowest BCUT2D eigenvalue weighted by Gasteiger charge is -2.09. The van der Waals surface area contributed by atoms with E-state index in [0.717, 1.165) is 33.7 Å². The minimum atomic E-state index is 0.353. The molecule has 0 spiro atoms. The van der Waals surface area contributed by atoms with E-state index in [1.54, 1.807) is 7.05 Å². The maximum Gasteiger partial charge on any atom is 0.191 e. The largest absolute Gasteiger partial charge is 0.459 e. The second-order valence-corrected chi connectivity index (χ2v) is 6.30. The molecule has 0 saturated heterocycles. The predicted octanol–water partition coefficient (Wildman–Crippen LogP) is 3.72. The highest BCUT2D eigenvalue weighted by Gasteiger charge is 2.11. The summed E-state index contributed by atoms with van der Waals surface area (Å²) >= 11 is 0. The van der Waals surface area contributed by atoms with Crippen molar-refractivity contribution in [3.63, 3.8) is 0 Å². The summed E-state index contributed by atoms with van der Waals surface area (Å²) in [6, 6.07) is 10.0. The van der Waals surface area contributed by atoms with Gasteiger partial charge in [0.1, 0.15) is 11.3 Å². The monoisotopic (exact) mass is 340 g/mol. The number of nitrogens with one attached hydrogen (secondary N) is 2. The Bertz CT molecular complexity index is 877. The first-order chi connectivity index (χ1) is 12.1. The molecule has 2 aromatic heterocycles. The van der Waals surface area contributed by atoms with Crippen LogP contribution in [0.1, 0.15) is 42.5 Å². The fraction of sp³-hybridized carbons (Fsp3) is 0.368. The third-order valence-corrected chi connectivity index (χ3v) is 4.18. The Kier molecular flexibility index (Phi) is 5.07. The number of benzene rings is 1. The number of para-hydroxylation sites is 1. The van der Waals surface area contributed by atoms with E-state index >= 15 is 0 Å². The van der Waals surface area contributed by atoms with Crippen LogP contribution in [-0.2, 0) is 13.1 Å². The zero-order chi connectivity index (χ0) is 17.8. The van der Waals surface area contributed by atoms with Crippen LogP contribution in [0, 0.1) is 6.92 Å². The molecule has 0 atom stereocenters. The standard InChI is InChI=1S/C19H24N4O2/c1-12(2)16-9-14(25-23-16)10-21-19(20-4)22-11-18-13(3)15-7-5-6-8-17(15)24-18/h5-9,12H,10-11H2,1-4H3,(H2,20,21,22). The summed E-state index contributed by atoms with van der Waals surface area (Å²) in [4.78, 5) is 4.23. The third-order valence-electron chi connectivity index (χ3n) is 4.18. The molecule has 25 heavy (non-hydrogen) atoms. The molecule has 0 bridgehead atoms. The average molecular weight is 340 g/mol. The highest BCUT2D eigenvalue weighted by atomic mass is 16.5. The van der Waals surface area contributed by atoms with E-state index < -0.39 is 0 Å². The number of aryl methyl sites for hydroxylation is 1. The Balaban J connectivity index is 1.59. The Hall–Kier alpha value is -2.76. The van der Waals surface area contributed by atoms with Gasteiger partial charge in [0.05, 0.1) is 18.8 Å². The summed E-state index contributed by atoms with van der Waals surface area (Å²) in [7, 11) is 1.74. The molecular formula is C19H24N4O2. The molecule has 6 heteroatoms. The van der Waals surface area contributed by atoms with Crippen molar-refractivity contribution in [3.05, 3.63) is 53.1 Å². The minimum Gasteiger partial charge on any atom is -0.459 e. The number of aromatic nitrogens is 1. The number of rotatable bonds is 5. The number of fused-ring (bicyclic) bond motifs is 1. The number of hydrogen-bond donors (Lipinski definition) is 2. The molecular weight excluding hydrogens is 316 g/mol. The van der Waals surface area contributed by atoms with Crippen LogP contribution in [-0.4, -0.2) is 18.2 Å². The first-order valence-corrected chi connectivity index (χ1v) is 8.45. The SMILES string of the molecule is CN=C(NCc1cc(C(C)C)no1)NCc1oc2ccccc2c1C. The van der Waals surface area contributed by atoms with E-state index in [1.165, 1.54) is 0 Å². The number of nitrogens with zero attached hydrogens (tertiary/aromatic N) is 2. The highest BCUT2D eigenvalue weighted by molar-refractivity contribution is 5.82. The molecule has 0 aliphatic heterocycles. The average Bonchev–Trinajstić information content (AvgIpc) is 3.21. The van der Waals surface area contributed by atoms with Crippen molar-refractivity contribution in [3.8, 4) is 0 Å². The van der Waals surface area contributed by atoms with Crippen molar-refractivity contribution in [2.75, 3.05) is 7.05 Å². The van der Waals surface area contributed by atoms with Gasteiger partial charge in [-0.2, -0.15) is 0 Å². The Morgan fingerprint density at radius 3 is 2.64 bits per heavy atom. The first kappa shape index (κ1) is 17.1. The van der Waals surface area contributed by atoms with Crippen LogP contribution < -0.4 is 10.6 Å². The van der Waals surface area contributed by atoms with E-state index in [9.17, 15) is 0 Å². The fourth-order valence-electron chi connectivity index (χ4n) is 2.63. The summed E-state index contributed by atoms with van der Waals surface area (Å²) < 4.78 is 11.2. The van der Waals surface area contributed by atoms with E-state index in [-0.39, 0.29) is 0 Å². The molecule has 6 nitrogen and oxygen atoms in total. The van der Waals surface area contributed by atoms with Gasteiger partial charge in [-0.25, -0.2) is 0 Å². The molecule has 0 amide bonds. The Labute approximate surface area is 147 Å². The lowest BCUT2D eigenvalue weighted by molar-refractivity contribution is 0.372. The van der Waals surface area contributed by atoms with Crippen molar-refractivity contribution in [1.82, 2.24) is 15.8 Å². The van der Waals surface area contributed by atoms with Gasteiger partial charge in [0.2, 0.25) is 0 Å². The maximum atomic E-state index is 5.91. The van der Waals surface area contributed by atoms with E-state index in [1.807, 2.05) is 24.3 Å². The van der Waals surface area contributed by atoms with Crippen molar-refractivity contribution < 1.29 is 8.94 Å². The number of furan rings is 1. The second kappa shape index (κ2) is 7.42. The van der Waals surface area contributed by atoms with Gasteiger partial charge in [0.15, 0.2) is 11.7 Å². The van der Waals surface area contributed by atoms with Crippen LogP contribution in [0.4, 0.5) is 0 Å². The van der Waals surface area contributed by atoms with Crippen LogP contribution in [0.25, 0.3) is 11.0 Å². The van der Waals surface area contributed by atoms with Crippen LogP contribution in [0.2, 0.25) is 0 Å². The first-order valence-electron chi connectivity index (χ1n) is 8.45. The maximum absolute atomic E-state index is 5.91. The van der Waals surface area contributed by atoms with E-state index in [2.05, 4.69) is 47.6 Å². The van der Waals surface area contributed by atoms with Gasteiger partial charge in [0.25, 0.3) is 0 Å². The van der Waals surface area contributed by atoms with E-state index in [4.69, 9.17) is 8.94 Å². The zero-order valence-electron chi connectivity index (χ0n) is 15.1. The van der Waals surface area contributed by atoms with Gasteiger partial charge < -0.3 is 19.6 Å². The molecule has 0 saturated carbocycles. The summed E-state index contributed by atoms with van der Waals surface area (Å²) in [5, 5.41) is 11.7. The van der Waals surface area contributed by atoms with Gasteiger partial charge in [-0.1, -0.05) is 37.2 Å². The lowest BCUT2D eigenvalue weighted by Crippen LogP contribution is -2.36. The molecule has 0 radical (unpaired) electrons. The molecule has 3 aromatic rings. The topological polar surface area (TPSA) is 75.6 Å². The smallest absolute Gasteiger partial charge is 0.191 e. The van der Waals surface area contributed by atoms with Gasteiger partial charge in [-0.05, 0) is 18.9 Å². The molecule has 3 rings (SSSR count). The van der Waals surface area contributed by atoms with Crippen LogP contribution in [0.3, 0.4) is 0 Å². The Morgan fingerprint density at radius 1 is 1.20 bits per heavy atom. The molecule has 1 aromatic carbocycles. The summed E-state index contributed by atoms with van der Waals surface area (Å²) in [5.41, 5.74) is 3.01. The fourth-order valence-corrected chi connectivity index (χ4v) is 2.63. The highest BCUT2D eigenvalue weighted by Crippen LogP contribution is 2.24. The normalized spacial score (nSPS) is 12.1. The van der Waals surface area contributed by atoms with Crippen LogP contribution in [0.5, 0.6) is 0 Å². The predicted molar refractivity (Wildman–Crippen MR) is 98.6 cm³/mol. The van der Waals surface area contributed by atoms with Crippen LogP contribution >= 0.6 is 0 Å². The van der Waals surface area contributed by atoms with Gasteiger partial charge in [0, 0.05) is 24.1 Å². The molecule has 0 aliphatic carbocycles.